The van der Waals surface area contributed by atoms with Gasteiger partial charge in [0, 0.05) is 29.3 Å². The molecule has 0 radical (unpaired) electrons. The van der Waals surface area contributed by atoms with E-state index in [0.717, 1.165) is 6.54 Å². The zero-order valence-electron chi connectivity index (χ0n) is 13.9. The van der Waals surface area contributed by atoms with Crippen molar-refractivity contribution >= 4 is 21.6 Å². The van der Waals surface area contributed by atoms with Gasteiger partial charge in [-0.1, -0.05) is 42.8 Å². The number of hydrogen-bond acceptors (Lipinski definition) is 2. The fraction of sp³-hybridized carbons (Fsp3) is 0.667. The van der Waals surface area contributed by atoms with Crippen LogP contribution in [0.25, 0.3) is 0 Å². The maximum absolute atomic E-state index is 3.65. The van der Waals surface area contributed by atoms with E-state index in [1.807, 2.05) is 0 Å². The summed E-state index contributed by atoms with van der Waals surface area (Å²) >= 11 is 3.65. The van der Waals surface area contributed by atoms with Crippen molar-refractivity contribution in [2.75, 3.05) is 24.5 Å². The molecule has 0 saturated carbocycles. The largest absolute Gasteiger partial charge is 0.371 e. The van der Waals surface area contributed by atoms with Crippen LogP contribution in [0, 0.1) is 5.41 Å². The quantitative estimate of drug-likeness (QED) is 0.762. The Hall–Kier alpha value is -0.540. The average molecular weight is 353 g/mol. The lowest BCUT2D eigenvalue weighted by Gasteiger charge is -2.29. The van der Waals surface area contributed by atoms with Crippen molar-refractivity contribution in [3.8, 4) is 0 Å². The monoisotopic (exact) mass is 352 g/mol. The first-order chi connectivity index (χ1) is 10.0. The van der Waals surface area contributed by atoms with Gasteiger partial charge < -0.3 is 10.2 Å². The highest BCUT2D eigenvalue weighted by molar-refractivity contribution is 9.10. The lowest BCUT2D eigenvalue weighted by atomic mass is 9.82. The summed E-state index contributed by atoms with van der Waals surface area (Å²) in [5, 5.41) is 3.55. The molecule has 1 aromatic carbocycles. The molecule has 0 aromatic heterocycles. The lowest BCUT2D eigenvalue weighted by molar-refractivity contribution is 0.301. The van der Waals surface area contributed by atoms with Crippen LogP contribution < -0.4 is 10.2 Å². The third kappa shape index (κ3) is 3.62. The summed E-state index contributed by atoms with van der Waals surface area (Å²) in [7, 11) is 0. The number of benzene rings is 1. The molecule has 21 heavy (non-hydrogen) atoms. The molecule has 1 aliphatic rings. The van der Waals surface area contributed by atoms with Gasteiger partial charge >= 0.3 is 0 Å². The minimum absolute atomic E-state index is 0.399. The molecule has 1 unspecified atom stereocenters. The summed E-state index contributed by atoms with van der Waals surface area (Å²) in [6.45, 7) is 12.5. The first kappa shape index (κ1) is 16.8. The van der Waals surface area contributed by atoms with Crippen molar-refractivity contribution in [3.63, 3.8) is 0 Å². The van der Waals surface area contributed by atoms with E-state index in [2.05, 4.69) is 72.0 Å². The Morgan fingerprint density at radius 2 is 2.00 bits per heavy atom. The van der Waals surface area contributed by atoms with Gasteiger partial charge in [-0.3, -0.25) is 0 Å². The smallest absolute Gasteiger partial charge is 0.0426 e. The highest BCUT2D eigenvalue weighted by atomic mass is 79.9. The molecule has 2 rings (SSSR count). The van der Waals surface area contributed by atoms with Crippen LogP contribution in [0.15, 0.2) is 22.7 Å². The Morgan fingerprint density at radius 3 is 2.57 bits per heavy atom. The van der Waals surface area contributed by atoms with E-state index in [1.54, 1.807) is 0 Å². The van der Waals surface area contributed by atoms with Gasteiger partial charge in [-0.05, 0) is 55.8 Å². The molecule has 1 atom stereocenters. The number of rotatable bonds is 6. The zero-order valence-corrected chi connectivity index (χ0v) is 15.5. The number of anilines is 1. The normalized spacial score (nSPS) is 19.0. The molecule has 2 nitrogen and oxygen atoms in total. The summed E-state index contributed by atoms with van der Waals surface area (Å²) < 4.78 is 1.18. The van der Waals surface area contributed by atoms with Crippen molar-refractivity contribution in [3.05, 3.63) is 28.2 Å². The Bertz CT molecular complexity index is 468. The fourth-order valence-electron chi connectivity index (χ4n) is 3.54. The van der Waals surface area contributed by atoms with E-state index in [9.17, 15) is 0 Å². The van der Waals surface area contributed by atoms with E-state index in [4.69, 9.17) is 0 Å². The molecule has 0 spiro atoms. The maximum atomic E-state index is 3.65. The Morgan fingerprint density at radius 1 is 1.29 bits per heavy atom. The lowest BCUT2D eigenvalue weighted by Crippen LogP contribution is -2.28. The Balaban J connectivity index is 2.29. The molecule has 1 fully saturated rings. The van der Waals surface area contributed by atoms with Gasteiger partial charge in [0.1, 0.15) is 0 Å². The van der Waals surface area contributed by atoms with Crippen molar-refractivity contribution < 1.29 is 0 Å². The molecule has 0 aliphatic carbocycles. The summed E-state index contributed by atoms with van der Waals surface area (Å²) in [4.78, 5) is 2.60. The topological polar surface area (TPSA) is 15.3 Å². The van der Waals surface area contributed by atoms with Crippen LogP contribution >= 0.6 is 15.9 Å². The van der Waals surface area contributed by atoms with Crippen molar-refractivity contribution in [2.24, 2.45) is 5.41 Å². The molecule has 1 saturated heterocycles. The third-order valence-electron chi connectivity index (χ3n) is 5.25. The number of nitrogens with one attached hydrogen (secondary N) is 1. The van der Waals surface area contributed by atoms with E-state index in [-0.39, 0.29) is 0 Å². The molecule has 0 amide bonds. The van der Waals surface area contributed by atoms with Gasteiger partial charge in [-0.15, -0.1) is 0 Å². The molecule has 1 N–H and O–H groups in total. The first-order valence-corrected chi connectivity index (χ1v) is 9.12. The molecule has 118 valence electrons. The molecule has 3 heteroatoms. The second-order valence-corrected chi connectivity index (χ2v) is 7.28. The first-order valence-electron chi connectivity index (χ1n) is 8.33. The van der Waals surface area contributed by atoms with Crippen molar-refractivity contribution in [2.45, 2.75) is 53.0 Å². The van der Waals surface area contributed by atoms with E-state index >= 15 is 0 Å². The van der Waals surface area contributed by atoms with E-state index < -0.39 is 0 Å². The van der Waals surface area contributed by atoms with Crippen LogP contribution in [0.2, 0.25) is 0 Å². The SMILES string of the molecule is CCNC(C)c1ccc(Br)cc1N1CCC(CC)(CC)C1. The van der Waals surface area contributed by atoms with Crippen LogP contribution in [0.4, 0.5) is 5.69 Å². The minimum atomic E-state index is 0.399. The summed E-state index contributed by atoms with van der Waals surface area (Å²) in [6, 6.07) is 7.13. The van der Waals surface area contributed by atoms with Crippen LogP contribution in [-0.2, 0) is 0 Å². The van der Waals surface area contributed by atoms with Gasteiger partial charge in [-0.2, -0.15) is 0 Å². The van der Waals surface area contributed by atoms with Gasteiger partial charge in [-0.25, -0.2) is 0 Å². The minimum Gasteiger partial charge on any atom is -0.371 e. The van der Waals surface area contributed by atoms with Crippen LogP contribution in [0.1, 0.15) is 58.6 Å². The van der Waals surface area contributed by atoms with Crippen molar-refractivity contribution in [1.82, 2.24) is 5.32 Å². The number of halogens is 1. The second kappa shape index (κ2) is 7.15. The highest BCUT2D eigenvalue weighted by Crippen LogP contribution is 2.41. The maximum Gasteiger partial charge on any atom is 0.0426 e. The van der Waals surface area contributed by atoms with Gasteiger partial charge in [0.2, 0.25) is 0 Å². The fourth-order valence-corrected chi connectivity index (χ4v) is 3.89. The van der Waals surface area contributed by atoms with Crippen LogP contribution in [0.5, 0.6) is 0 Å². The predicted molar refractivity (Wildman–Crippen MR) is 96.1 cm³/mol. The average Bonchev–Trinajstić information content (AvgIpc) is 2.92. The predicted octanol–water partition coefficient (Wildman–Crippen LogP) is 5.14. The summed E-state index contributed by atoms with van der Waals surface area (Å²) in [5.41, 5.74) is 3.34. The standard InChI is InChI=1S/C18H29BrN2/c1-5-18(6-2)10-11-21(13-18)17-12-15(19)8-9-16(17)14(4)20-7-3/h8-9,12,14,20H,5-7,10-11,13H2,1-4H3. The molecular formula is C18H29BrN2. The summed E-state index contributed by atoms with van der Waals surface area (Å²) in [6.07, 6.45) is 3.89. The molecule has 1 aliphatic heterocycles. The van der Waals surface area contributed by atoms with Crippen LogP contribution in [0.3, 0.4) is 0 Å². The van der Waals surface area contributed by atoms with Crippen LogP contribution in [-0.4, -0.2) is 19.6 Å². The molecule has 1 heterocycles. The Labute approximate surface area is 138 Å². The number of hydrogen-bond donors (Lipinski definition) is 1. The van der Waals surface area contributed by atoms with Gasteiger partial charge in [0.15, 0.2) is 0 Å². The second-order valence-electron chi connectivity index (χ2n) is 6.36. The number of nitrogens with zero attached hydrogens (tertiary/aromatic N) is 1. The zero-order chi connectivity index (χ0) is 15.5. The van der Waals surface area contributed by atoms with E-state index in [1.165, 1.54) is 48.1 Å². The van der Waals surface area contributed by atoms with Gasteiger partial charge in [0.05, 0.1) is 0 Å². The highest BCUT2D eigenvalue weighted by Gasteiger charge is 2.35. The molecule has 1 aromatic rings. The van der Waals surface area contributed by atoms with Crippen molar-refractivity contribution in [1.29, 1.82) is 0 Å². The Kier molecular flexibility index (Phi) is 5.73. The molecular weight excluding hydrogens is 324 g/mol. The third-order valence-corrected chi connectivity index (χ3v) is 5.74. The van der Waals surface area contributed by atoms with Gasteiger partial charge in [0.25, 0.3) is 0 Å². The van der Waals surface area contributed by atoms with E-state index in [0.29, 0.717) is 11.5 Å². The summed E-state index contributed by atoms with van der Waals surface area (Å²) in [5.74, 6) is 0. The molecule has 0 bridgehead atoms.